The van der Waals surface area contributed by atoms with Crippen molar-refractivity contribution >= 4 is 58.8 Å². The van der Waals surface area contributed by atoms with Crippen molar-refractivity contribution in [3.05, 3.63) is 38.0 Å². The first-order valence-electron chi connectivity index (χ1n) is 17.8. The lowest BCUT2D eigenvalue weighted by Crippen LogP contribution is -2.70. The predicted octanol–water partition coefficient (Wildman–Crippen LogP) is 5.08. The van der Waals surface area contributed by atoms with E-state index >= 15 is 4.39 Å². The zero-order valence-electron chi connectivity index (χ0n) is 33.9. The first kappa shape index (κ1) is 56.9. The largest absolute Gasteiger partial charge is 0.483 e. The quantitative estimate of drug-likeness (QED) is 0.0301. The molecule has 31 heteroatoms. The van der Waals surface area contributed by atoms with E-state index in [2.05, 4.69) is 29.2 Å². The predicted molar refractivity (Wildman–Crippen MR) is 197 cm³/mol. The van der Waals surface area contributed by atoms with E-state index in [-0.39, 0.29) is 59.0 Å². The van der Waals surface area contributed by atoms with E-state index in [1.165, 1.54) is 26.2 Å². The van der Waals surface area contributed by atoms with Gasteiger partial charge in [0.1, 0.15) is 32.8 Å². The number of amides is 1. The number of carbonyl (C=O) groups is 4. The van der Waals surface area contributed by atoms with Crippen molar-refractivity contribution in [1.29, 1.82) is 0 Å². The Hall–Kier alpha value is -3.09. The summed E-state index contributed by atoms with van der Waals surface area (Å²) in [5.41, 5.74) is 0. The van der Waals surface area contributed by atoms with Gasteiger partial charge in [0.15, 0.2) is 0 Å². The van der Waals surface area contributed by atoms with Gasteiger partial charge in [-0.25, -0.2) is 18.8 Å². The summed E-state index contributed by atoms with van der Waals surface area (Å²) in [6.07, 6.45) is -19.0. The molecule has 0 aromatic rings. The summed E-state index contributed by atoms with van der Waals surface area (Å²) in [5.74, 6) is -13.9. The summed E-state index contributed by atoms with van der Waals surface area (Å²) < 4.78 is 199. The molecule has 0 radical (unpaired) electrons. The minimum absolute atomic E-state index is 0.159. The maximum atomic E-state index is 15.2. The zero-order valence-corrected chi connectivity index (χ0v) is 37.9. The van der Waals surface area contributed by atoms with Crippen molar-refractivity contribution in [2.24, 2.45) is 0 Å². The normalized spacial score (nSPS) is 25.5. The number of esters is 3. The Labute approximate surface area is 353 Å². The molecule has 1 heterocycles. The second-order valence-corrected chi connectivity index (χ2v) is 25.2. The monoisotopic (exact) mass is 991 g/mol. The molecule has 0 aromatic heterocycles. The van der Waals surface area contributed by atoms with Crippen LogP contribution in [-0.2, 0) is 72.6 Å². The molecule has 358 valence electrons. The fraction of sp³-hybridized carbons (Fsp3) is 0.677. The Morgan fingerprint density at radius 1 is 0.629 bits per heavy atom. The molecule has 1 N–H and O–H groups in total. The number of hydrogen-bond acceptors (Lipinski definition) is 16. The first-order chi connectivity index (χ1) is 28.2. The maximum Gasteiger partial charge on any atom is 0.483 e. The average molecular weight is 992 g/mol. The van der Waals surface area contributed by atoms with E-state index in [1.807, 2.05) is 5.32 Å². The lowest BCUT2D eigenvalue weighted by molar-refractivity contribution is -0.434. The Balaban J connectivity index is 3.33. The van der Waals surface area contributed by atoms with Crippen LogP contribution in [-0.4, -0.2) is 142 Å². The van der Waals surface area contributed by atoms with Crippen LogP contribution in [0, 0.1) is 0 Å². The van der Waals surface area contributed by atoms with E-state index in [0.717, 1.165) is 18.2 Å². The fourth-order valence-corrected chi connectivity index (χ4v) is 23.1. The summed E-state index contributed by atoms with van der Waals surface area (Å²) >= 11 is 0. The van der Waals surface area contributed by atoms with Crippen LogP contribution in [0.4, 0.5) is 43.9 Å². The van der Waals surface area contributed by atoms with Crippen LogP contribution < -0.4 is 5.32 Å². The Bertz CT molecular complexity index is 1520. The zero-order chi connectivity index (χ0) is 47.9. The molecule has 17 nitrogen and oxygen atoms in total. The smallest absolute Gasteiger partial charge is 0.460 e. The van der Waals surface area contributed by atoms with Crippen LogP contribution >= 0.6 is 0 Å². The second-order valence-electron chi connectivity index (χ2n) is 13.1. The van der Waals surface area contributed by atoms with E-state index in [0.29, 0.717) is 0 Å². The van der Waals surface area contributed by atoms with Crippen LogP contribution in [0.1, 0.15) is 19.8 Å². The standard InChI is InChI=1S/C31H47F10NO16Si4/c1-9-23(43)47-14-17-51-60(6)55-59(5,56-61(7,52-18-15-48-24(44)10-2)58-62(8,57-60)53-19-16-49-25(45)11-3)20-12-13-42-26(46)27(4,32)50-22-28(33,31(39,40)41)54-30(37,38)21-29(34,35)36/h9-11H,1-3,12-22H2,4-8H3,(H,42,46)/t27?,28?,59?,60-,61?,62?/m1/s1. The Kier molecular flexibility index (Phi) is 21.3. The van der Waals surface area contributed by atoms with E-state index < -0.39 is 109 Å². The van der Waals surface area contributed by atoms with Crippen molar-refractivity contribution in [2.75, 3.05) is 52.8 Å². The third-order valence-corrected chi connectivity index (χ3v) is 23.1. The highest BCUT2D eigenvalue weighted by molar-refractivity contribution is 6.89. The number of nitrogens with one attached hydrogen (secondary N) is 1. The highest BCUT2D eigenvalue weighted by atomic mass is 28.5. The maximum absolute atomic E-state index is 15.2. The number of rotatable bonds is 26. The summed E-state index contributed by atoms with van der Waals surface area (Å²) in [7, 11) is -16.1. The van der Waals surface area contributed by atoms with Gasteiger partial charge in [0.25, 0.3) is 11.8 Å². The third-order valence-electron chi connectivity index (χ3n) is 7.29. The van der Waals surface area contributed by atoms with Crippen LogP contribution in [0.5, 0.6) is 0 Å². The van der Waals surface area contributed by atoms with Crippen LogP contribution in [0.2, 0.25) is 32.2 Å². The lowest BCUT2D eigenvalue weighted by Gasteiger charge is -2.47. The molecule has 0 aliphatic carbocycles. The van der Waals surface area contributed by atoms with Crippen molar-refractivity contribution in [3.63, 3.8) is 0 Å². The van der Waals surface area contributed by atoms with Gasteiger partial charge in [0.2, 0.25) is 0 Å². The third kappa shape index (κ3) is 20.6. The van der Waals surface area contributed by atoms with E-state index in [9.17, 15) is 58.7 Å². The molecule has 0 spiro atoms. The molecular weight excluding hydrogens is 945 g/mol. The highest BCUT2D eigenvalue weighted by Gasteiger charge is 2.65. The molecule has 6 atom stereocenters. The molecule has 0 saturated carbocycles. The topological polar surface area (TPSA) is 191 Å². The van der Waals surface area contributed by atoms with Gasteiger partial charge in [-0.1, -0.05) is 19.7 Å². The second kappa shape index (κ2) is 23.2. The van der Waals surface area contributed by atoms with Crippen molar-refractivity contribution < 1.29 is 117 Å². The molecule has 62 heavy (non-hydrogen) atoms. The van der Waals surface area contributed by atoms with Crippen molar-refractivity contribution in [2.45, 2.75) is 82.2 Å². The van der Waals surface area contributed by atoms with Crippen LogP contribution in [0.25, 0.3) is 0 Å². The molecule has 1 saturated heterocycles. The SMILES string of the molecule is C=CC(=O)OCCO[Si]1(C)O[Si](C)(CCCNC(=O)C(C)(F)OCC(F)(OC(F)(F)CC(F)(F)F)C(F)(F)F)O[Si@@](C)(OCCOC(=O)C=C)O[Si](C)(OCCOC(=O)C=C)O1. The first-order valence-corrected chi connectivity index (χ1v) is 27.0. The van der Waals surface area contributed by atoms with Crippen LogP contribution in [0.3, 0.4) is 0 Å². The van der Waals surface area contributed by atoms with Gasteiger partial charge in [-0.2, -0.15) is 39.5 Å². The molecule has 1 amide bonds. The van der Waals surface area contributed by atoms with Crippen molar-refractivity contribution in [3.8, 4) is 0 Å². The molecule has 1 aliphatic rings. The van der Waals surface area contributed by atoms with Crippen molar-refractivity contribution in [1.82, 2.24) is 5.32 Å². The Morgan fingerprint density at radius 2 is 1.02 bits per heavy atom. The molecule has 1 aliphatic heterocycles. The molecule has 5 unspecified atom stereocenters. The number of halogens is 10. The molecule has 1 fully saturated rings. The molecule has 0 bridgehead atoms. The number of ether oxygens (including phenoxy) is 5. The van der Waals surface area contributed by atoms with Gasteiger partial charge in [-0.3, -0.25) is 9.53 Å². The minimum Gasteiger partial charge on any atom is -0.460 e. The van der Waals surface area contributed by atoms with Gasteiger partial charge in [0.05, 0.1) is 19.8 Å². The number of alkyl halides is 10. The number of carbonyl (C=O) groups excluding carboxylic acids is 4. The molecule has 0 aromatic carbocycles. The highest BCUT2D eigenvalue weighted by Crippen LogP contribution is 2.43. The molecule has 1 rings (SSSR count). The minimum atomic E-state index is -6.50. The average Bonchev–Trinajstić information content (AvgIpc) is 3.11. The Morgan fingerprint density at radius 3 is 1.37 bits per heavy atom. The van der Waals surface area contributed by atoms with E-state index in [4.69, 9.17) is 43.9 Å². The summed E-state index contributed by atoms with van der Waals surface area (Å²) in [4.78, 5) is 47.4. The number of hydrogen-bond donors (Lipinski definition) is 1. The summed E-state index contributed by atoms with van der Waals surface area (Å²) in [6.45, 7) is 10.3. The van der Waals surface area contributed by atoms with Gasteiger partial charge in [0, 0.05) is 51.3 Å². The van der Waals surface area contributed by atoms with Gasteiger partial charge in [-0.15, -0.1) is 0 Å². The van der Waals surface area contributed by atoms with E-state index in [1.54, 1.807) is 0 Å². The summed E-state index contributed by atoms with van der Waals surface area (Å²) in [5, 5.41) is 1.93. The van der Waals surface area contributed by atoms with Crippen LogP contribution in [0.15, 0.2) is 38.0 Å². The summed E-state index contributed by atoms with van der Waals surface area (Å²) in [6, 6.07) is -0.195. The fourth-order valence-electron chi connectivity index (χ4n) is 4.84. The van der Waals surface area contributed by atoms with Gasteiger partial charge < -0.3 is 54.0 Å². The molecular formula is C31H47F10NO16Si4. The van der Waals surface area contributed by atoms with Gasteiger partial charge in [-0.05, 0) is 19.0 Å². The lowest BCUT2D eigenvalue weighted by atomic mass is 10.2. The van der Waals surface area contributed by atoms with Gasteiger partial charge >= 0.3 is 77.2 Å².